The summed E-state index contributed by atoms with van der Waals surface area (Å²) in [6.07, 6.45) is -0.642. The minimum Gasteiger partial charge on any atom is -0.310 e. The molecular weight excluding hydrogens is 213 g/mol. The lowest BCUT2D eigenvalue weighted by molar-refractivity contribution is -0.526. The van der Waals surface area contributed by atoms with Crippen molar-refractivity contribution in [3.8, 4) is 0 Å². The van der Waals surface area contributed by atoms with Gasteiger partial charge in [-0.1, -0.05) is 18.2 Å². The van der Waals surface area contributed by atoms with Crippen LogP contribution in [0.5, 0.6) is 0 Å². The quantitative estimate of drug-likeness (QED) is 0.438. The van der Waals surface area contributed by atoms with Crippen LogP contribution in [0.15, 0.2) is 24.3 Å². The minimum atomic E-state index is -1.04. The average Bonchev–Trinajstić information content (AvgIpc) is 2.20. The van der Waals surface area contributed by atoms with Gasteiger partial charge in [0.1, 0.15) is 12.0 Å². The predicted molar refractivity (Wildman–Crippen MR) is 57.7 cm³/mol. The van der Waals surface area contributed by atoms with Gasteiger partial charge in [-0.25, -0.2) is 4.39 Å². The van der Waals surface area contributed by atoms with Crippen LogP contribution in [-0.2, 0) is 6.42 Å². The van der Waals surface area contributed by atoms with Crippen molar-refractivity contribution in [1.29, 1.82) is 0 Å². The van der Waals surface area contributed by atoms with Gasteiger partial charge in [0.2, 0.25) is 6.04 Å². The van der Waals surface area contributed by atoms with Gasteiger partial charge >= 0.3 is 0 Å². The zero-order chi connectivity index (χ0) is 12.1. The lowest BCUT2D eigenvalue weighted by Gasteiger charge is -2.12. The predicted octanol–water partition coefficient (Wildman–Crippen LogP) is 0.647. The van der Waals surface area contributed by atoms with E-state index < -0.39 is 17.1 Å². The molecule has 0 saturated carbocycles. The molecule has 88 valence electrons. The standard InChI is InChI=1S/C10H14FN3O2/c11-8-4-2-1-3-7(8)5-6-9(10(12)13)14(15)16/h1-4,9-10H,5-6,12-13H2. The van der Waals surface area contributed by atoms with Crippen molar-refractivity contribution in [3.63, 3.8) is 0 Å². The van der Waals surface area contributed by atoms with Crippen molar-refractivity contribution in [1.82, 2.24) is 0 Å². The molecule has 1 aromatic rings. The Hall–Kier alpha value is -1.53. The van der Waals surface area contributed by atoms with Crippen molar-refractivity contribution in [2.45, 2.75) is 25.0 Å². The first-order chi connectivity index (χ1) is 7.52. The maximum absolute atomic E-state index is 13.2. The summed E-state index contributed by atoms with van der Waals surface area (Å²) in [5, 5.41) is 10.6. The summed E-state index contributed by atoms with van der Waals surface area (Å²) in [5.74, 6) is -0.366. The fraction of sp³-hybridized carbons (Fsp3) is 0.400. The number of nitro groups is 1. The minimum absolute atomic E-state index is 0.131. The van der Waals surface area contributed by atoms with Crippen LogP contribution in [0.25, 0.3) is 0 Å². The lowest BCUT2D eigenvalue weighted by atomic mass is 10.0. The number of aryl methyl sites for hydroxylation is 1. The van der Waals surface area contributed by atoms with Gasteiger partial charge < -0.3 is 11.5 Å². The second kappa shape index (κ2) is 5.53. The molecule has 0 aliphatic heterocycles. The van der Waals surface area contributed by atoms with Crippen LogP contribution >= 0.6 is 0 Å². The molecule has 0 amide bonds. The first-order valence-electron chi connectivity index (χ1n) is 4.90. The average molecular weight is 227 g/mol. The van der Waals surface area contributed by atoms with Crippen molar-refractivity contribution < 1.29 is 9.31 Å². The van der Waals surface area contributed by atoms with Crippen molar-refractivity contribution >= 4 is 0 Å². The van der Waals surface area contributed by atoms with Crippen LogP contribution in [-0.4, -0.2) is 17.1 Å². The third-order valence-electron chi connectivity index (χ3n) is 2.38. The second-order valence-electron chi connectivity index (χ2n) is 3.56. The Bertz CT molecular complexity index is 371. The van der Waals surface area contributed by atoms with Crippen LogP contribution in [0.1, 0.15) is 12.0 Å². The molecule has 0 spiro atoms. The molecule has 1 aromatic carbocycles. The Morgan fingerprint density at radius 3 is 2.50 bits per heavy atom. The SMILES string of the molecule is NC(N)C(CCc1ccccc1F)[N+](=O)[O-]. The van der Waals surface area contributed by atoms with Gasteiger partial charge in [-0.15, -0.1) is 0 Å². The van der Waals surface area contributed by atoms with Crippen LogP contribution in [0.3, 0.4) is 0 Å². The van der Waals surface area contributed by atoms with E-state index in [1.54, 1.807) is 18.2 Å². The third-order valence-corrected chi connectivity index (χ3v) is 2.38. The number of benzene rings is 1. The summed E-state index contributed by atoms with van der Waals surface area (Å²) < 4.78 is 13.2. The zero-order valence-electron chi connectivity index (χ0n) is 8.67. The Kier molecular flexibility index (Phi) is 4.33. The summed E-state index contributed by atoms with van der Waals surface area (Å²) >= 11 is 0. The number of nitrogens with zero attached hydrogens (tertiary/aromatic N) is 1. The highest BCUT2D eigenvalue weighted by Gasteiger charge is 2.25. The number of halogens is 1. The van der Waals surface area contributed by atoms with Crippen LogP contribution in [0.4, 0.5) is 4.39 Å². The Morgan fingerprint density at radius 2 is 2.00 bits per heavy atom. The molecule has 6 heteroatoms. The summed E-state index contributed by atoms with van der Waals surface area (Å²) in [6.45, 7) is 0. The van der Waals surface area contributed by atoms with E-state index in [0.29, 0.717) is 5.56 Å². The van der Waals surface area contributed by atoms with Gasteiger partial charge in [0.15, 0.2) is 0 Å². The highest BCUT2D eigenvalue weighted by Crippen LogP contribution is 2.11. The highest BCUT2D eigenvalue weighted by molar-refractivity contribution is 5.17. The maximum Gasteiger partial charge on any atom is 0.241 e. The van der Waals surface area contributed by atoms with Crippen molar-refractivity contribution in [3.05, 3.63) is 45.8 Å². The first kappa shape index (κ1) is 12.5. The van der Waals surface area contributed by atoms with Crippen molar-refractivity contribution in [2.24, 2.45) is 11.5 Å². The van der Waals surface area contributed by atoms with Gasteiger partial charge in [-0.05, 0) is 18.1 Å². The lowest BCUT2D eigenvalue weighted by Crippen LogP contribution is -2.47. The summed E-state index contributed by atoms with van der Waals surface area (Å²) in [4.78, 5) is 10.1. The second-order valence-corrected chi connectivity index (χ2v) is 3.56. The van der Waals surface area contributed by atoms with Crippen molar-refractivity contribution in [2.75, 3.05) is 0 Å². The molecule has 0 aliphatic rings. The number of nitrogens with two attached hydrogens (primary N) is 2. The van der Waals surface area contributed by atoms with E-state index in [-0.39, 0.29) is 18.7 Å². The highest BCUT2D eigenvalue weighted by atomic mass is 19.1. The van der Waals surface area contributed by atoms with Crippen LogP contribution in [0.2, 0.25) is 0 Å². The molecule has 0 aromatic heterocycles. The molecule has 4 N–H and O–H groups in total. The Morgan fingerprint density at radius 1 is 1.38 bits per heavy atom. The molecule has 1 atom stereocenters. The molecule has 5 nitrogen and oxygen atoms in total. The Labute approximate surface area is 92.4 Å². The molecule has 0 radical (unpaired) electrons. The molecule has 0 saturated heterocycles. The maximum atomic E-state index is 13.2. The number of hydrogen-bond acceptors (Lipinski definition) is 4. The van der Waals surface area contributed by atoms with E-state index >= 15 is 0 Å². The van der Waals surface area contributed by atoms with Gasteiger partial charge in [0.05, 0.1) is 0 Å². The third kappa shape index (κ3) is 3.25. The monoisotopic (exact) mass is 227 g/mol. The molecule has 1 rings (SSSR count). The van der Waals surface area contributed by atoms with Gasteiger partial charge in [0.25, 0.3) is 0 Å². The molecule has 16 heavy (non-hydrogen) atoms. The largest absolute Gasteiger partial charge is 0.310 e. The van der Waals surface area contributed by atoms with E-state index in [2.05, 4.69) is 0 Å². The number of hydrogen-bond donors (Lipinski definition) is 2. The summed E-state index contributed by atoms with van der Waals surface area (Å²) in [6, 6.07) is 5.12. The Balaban J connectivity index is 2.63. The van der Waals surface area contributed by atoms with E-state index in [1.807, 2.05) is 0 Å². The fourth-order valence-corrected chi connectivity index (χ4v) is 1.44. The van der Waals surface area contributed by atoms with E-state index in [9.17, 15) is 14.5 Å². The molecule has 0 bridgehead atoms. The van der Waals surface area contributed by atoms with Crippen LogP contribution < -0.4 is 11.5 Å². The summed E-state index contributed by atoms with van der Waals surface area (Å²) in [7, 11) is 0. The normalized spacial score (nSPS) is 12.8. The topological polar surface area (TPSA) is 95.2 Å². The first-order valence-corrected chi connectivity index (χ1v) is 4.90. The van der Waals surface area contributed by atoms with Gasteiger partial charge in [-0.3, -0.25) is 10.1 Å². The zero-order valence-corrected chi connectivity index (χ0v) is 8.67. The van der Waals surface area contributed by atoms with E-state index in [4.69, 9.17) is 11.5 Å². The van der Waals surface area contributed by atoms with Gasteiger partial charge in [-0.2, -0.15) is 0 Å². The summed E-state index contributed by atoms with van der Waals surface area (Å²) in [5.41, 5.74) is 11.0. The molecule has 1 unspecified atom stereocenters. The van der Waals surface area contributed by atoms with E-state index in [1.165, 1.54) is 6.07 Å². The van der Waals surface area contributed by atoms with Gasteiger partial charge in [0, 0.05) is 11.3 Å². The molecule has 0 aliphatic carbocycles. The molecular formula is C10H14FN3O2. The molecule has 0 heterocycles. The fourth-order valence-electron chi connectivity index (χ4n) is 1.44. The van der Waals surface area contributed by atoms with Crippen LogP contribution in [0, 0.1) is 15.9 Å². The smallest absolute Gasteiger partial charge is 0.241 e. The molecule has 0 fully saturated rings. The van der Waals surface area contributed by atoms with E-state index in [0.717, 1.165) is 0 Å². The number of rotatable bonds is 5.